The van der Waals surface area contributed by atoms with E-state index in [1.165, 1.54) is 6.07 Å². The van der Waals surface area contributed by atoms with Gasteiger partial charge in [0, 0.05) is 15.7 Å². The minimum absolute atomic E-state index is 0.198. The summed E-state index contributed by atoms with van der Waals surface area (Å²) in [6.07, 6.45) is 0. The van der Waals surface area contributed by atoms with Crippen LogP contribution in [-0.4, -0.2) is 24.1 Å². The summed E-state index contributed by atoms with van der Waals surface area (Å²) >= 11 is 17.8. The first-order valence-electron chi connectivity index (χ1n) is 9.40. The fraction of sp³-hybridized carbons (Fsp3) is 0.0870. The zero-order chi connectivity index (χ0) is 23.1. The number of rotatable bonds is 7. The topological polar surface area (TPSA) is 79.8 Å². The molecule has 0 aliphatic rings. The van der Waals surface area contributed by atoms with Gasteiger partial charge < -0.3 is 10.1 Å². The van der Waals surface area contributed by atoms with Crippen LogP contribution in [0.5, 0.6) is 5.75 Å². The van der Waals surface area contributed by atoms with E-state index in [4.69, 9.17) is 39.5 Å². The molecule has 0 radical (unpaired) electrons. The number of ether oxygens (including phenoxy) is 1. The van der Waals surface area contributed by atoms with Gasteiger partial charge in [-0.25, -0.2) is 5.43 Å². The molecule has 6 nitrogen and oxygen atoms in total. The lowest BCUT2D eigenvalue weighted by atomic mass is 10.1. The maximum Gasteiger partial charge on any atom is 0.277 e. The summed E-state index contributed by atoms with van der Waals surface area (Å²) in [5, 5.41) is 8.16. The van der Waals surface area contributed by atoms with E-state index in [2.05, 4.69) is 15.8 Å². The van der Waals surface area contributed by atoms with E-state index in [9.17, 15) is 9.59 Å². The Balaban J connectivity index is 1.59. The van der Waals surface area contributed by atoms with Crippen LogP contribution in [0.1, 0.15) is 22.8 Å². The van der Waals surface area contributed by atoms with E-state index in [-0.39, 0.29) is 17.5 Å². The number of halogens is 3. The molecule has 2 amide bonds. The van der Waals surface area contributed by atoms with Crippen molar-refractivity contribution in [3.05, 3.63) is 92.9 Å². The summed E-state index contributed by atoms with van der Waals surface area (Å²) < 4.78 is 5.38. The number of carbonyl (C=O) groups is 2. The van der Waals surface area contributed by atoms with Gasteiger partial charge in [-0.3, -0.25) is 9.59 Å². The largest absolute Gasteiger partial charge is 0.484 e. The fourth-order valence-electron chi connectivity index (χ4n) is 2.62. The average Bonchev–Trinajstić information content (AvgIpc) is 2.77. The lowest BCUT2D eigenvalue weighted by molar-refractivity contribution is -0.123. The van der Waals surface area contributed by atoms with Crippen molar-refractivity contribution in [1.29, 1.82) is 0 Å². The Hall–Kier alpha value is -3.06. The second-order valence-corrected chi connectivity index (χ2v) is 7.91. The molecule has 0 unspecified atom stereocenters. The van der Waals surface area contributed by atoms with Gasteiger partial charge in [-0.2, -0.15) is 5.10 Å². The summed E-state index contributed by atoms with van der Waals surface area (Å²) in [5.74, 6) is -0.262. The normalized spacial score (nSPS) is 11.1. The first kappa shape index (κ1) is 23.6. The van der Waals surface area contributed by atoms with Crippen molar-refractivity contribution in [2.75, 3.05) is 11.9 Å². The van der Waals surface area contributed by atoms with Crippen molar-refractivity contribution in [2.24, 2.45) is 5.10 Å². The van der Waals surface area contributed by atoms with Crippen LogP contribution in [0.4, 0.5) is 5.69 Å². The zero-order valence-electron chi connectivity index (χ0n) is 16.9. The van der Waals surface area contributed by atoms with Crippen LogP contribution in [-0.2, 0) is 4.79 Å². The molecule has 2 N–H and O–H groups in total. The van der Waals surface area contributed by atoms with E-state index in [0.29, 0.717) is 38.3 Å². The first-order valence-corrected chi connectivity index (χ1v) is 10.5. The number of nitrogens with zero attached hydrogens (tertiary/aromatic N) is 1. The summed E-state index contributed by atoms with van der Waals surface area (Å²) in [6, 6.07) is 18.4. The number of hydrogen-bond acceptors (Lipinski definition) is 4. The molecule has 3 aromatic carbocycles. The van der Waals surface area contributed by atoms with Gasteiger partial charge in [0.05, 0.1) is 16.3 Å². The lowest BCUT2D eigenvalue weighted by Gasteiger charge is -2.09. The van der Waals surface area contributed by atoms with Crippen LogP contribution in [0.25, 0.3) is 0 Å². The number of anilines is 1. The van der Waals surface area contributed by atoms with Gasteiger partial charge >= 0.3 is 0 Å². The summed E-state index contributed by atoms with van der Waals surface area (Å²) in [7, 11) is 0. The molecule has 3 aromatic rings. The molecule has 9 heteroatoms. The minimum atomic E-state index is -0.416. The first-order chi connectivity index (χ1) is 15.3. The van der Waals surface area contributed by atoms with Crippen LogP contribution < -0.4 is 15.5 Å². The molecule has 32 heavy (non-hydrogen) atoms. The number of nitrogens with one attached hydrogen (secondary N) is 2. The summed E-state index contributed by atoms with van der Waals surface area (Å²) in [4.78, 5) is 24.5. The fourth-order valence-corrected chi connectivity index (χ4v) is 3.24. The van der Waals surface area contributed by atoms with Gasteiger partial charge in [-0.05, 0) is 67.1 Å². The third-order valence-corrected chi connectivity index (χ3v) is 5.05. The predicted octanol–water partition coefficient (Wildman–Crippen LogP) is 5.82. The summed E-state index contributed by atoms with van der Waals surface area (Å²) in [6.45, 7) is 1.54. The van der Waals surface area contributed by atoms with Gasteiger partial charge in [0.25, 0.3) is 11.8 Å². The molecule has 0 aliphatic heterocycles. The number of benzene rings is 3. The van der Waals surface area contributed by atoms with Crippen molar-refractivity contribution in [3.63, 3.8) is 0 Å². The molecule has 164 valence electrons. The number of hydrogen-bond donors (Lipinski definition) is 2. The molecule has 0 fully saturated rings. The molecule has 0 spiro atoms. The molecule has 0 heterocycles. The van der Waals surface area contributed by atoms with Gasteiger partial charge in [-0.1, -0.05) is 46.9 Å². The Bertz CT molecular complexity index is 1160. The number of amides is 2. The molecule has 0 saturated heterocycles. The second kappa shape index (κ2) is 11.0. The van der Waals surface area contributed by atoms with E-state index in [1.807, 2.05) is 0 Å². The van der Waals surface area contributed by atoms with E-state index in [0.717, 1.165) is 0 Å². The van der Waals surface area contributed by atoms with Crippen molar-refractivity contribution < 1.29 is 14.3 Å². The van der Waals surface area contributed by atoms with Gasteiger partial charge in [-0.15, -0.1) is 0 Å². The van der Waals surface area contributed by atoms with Crippen LogP contribution >= 0.6 is 34.8 Å². The SMILES string of the molecule is CC(=NNC(=O)COc1ccc(Cl)cc1)c1cccc(NC(=O)c2ccc(Cl)cc2Cl)c1. The standard InChI is InChI=1S/C23H18Cl3N3O3/c1-14(28-29-22(30)13-32-19-8-5-16(24)6-9-19)15-3-2-4-18(11-15)27-23(31)20-10-7-17(25)12-21(20)26/h2-12H,13H2,1H3,(H,27,31)(H,29,30). The predicted molar refractivity (Wildman–Crippen MR) is 128 cm³/mol. The molecule has 0 bridgehead atoms. The van der Waals surface area contributed by atoms with E-state index < -0.39 is 5.91 Å². The van der Waals surface area contributed by atoms with E-state index >= 15 is 0 Å². The highest BCUT2D eigenvalue weighted by atomic mass is 35.5. The lowest BCUT2D eigenvalue weighted by Crippen LogP contribution is -2.25. The van der Waals surface area contributed by atoms with Crippen molar-refractivity contribution in [1.82, 2.24) is 5.43 Å². The van der Waals surface area contributed by atoms with Crippen LogP contribution in [0.3, 0.4) is 0 Å². The number of carbonyl (C=O) groups excluding carboxylic acids is 2. The van der Waals surface area contributed by atoms with Gasteiger partial charge in [0.1, 0.15) is 5.75 Å². The highest BCUT2D eigenvalue weighted by molar-refractivity contribution is 6.37. The van der Waals surface area contributed by atoms with E-state index in [1.54, 1.807) is 67.6 Å². The van der Waals surface area contributed by atoms with Crippen molar-refractivity contribution in [2.45, 2.75) is 6.92 Å². The zero-order valence-corrected chi connectivity index (χ0v) is 19.1. The Labute approximate surface area is 200 Å². The van der Waals surface area contributed by atoms with Crippen molar-refractivity contribution in [3.8, 4) is 5.75 Å². The van der Waals surface area contributed by atoms with Gasteiger partial charge in [0.15, 0.2) is 6.61 Å². The molecule has 3 rings (SSSR count). The Morgan fingerprint density at radius 2 is 1.66 bits per heavy atom. The minimum Gasteiger partial charge on any atom is -0.484 e. The molecular weight excluding hydrogens is 473 g/mol. The molecular formula is C23H18Cl3N3O3. The average molecular weight is 491 g/mol. The maximum absolute atomic E-state index is 12.5. The number of hydrazone groups is 1. The monoisotopic (exact) mass is 489 g/mol. The van der Waals surface area contributed by atoms with Gasteiger partial charge in [0.2, 0.25) is 0 Å². The molecule has 0 saturated carbocycles. The highest BCUT2D eigenvalue weighted by Crippen LogP contribution is 2.22. The maximum atomic E-state index is 12.5. The summed E-state index contributed by atoms with van der Waals surface area (Å²) in [5.41, 5.74) is 4.55. The molecule has 0 atom stereocenters. The van der Waals surface area contributed by atoms with Crippen molar-refractivity contribution >= 4 is 58.0 Å². The Morgan fingerprint density at radius 1 is 0.938 bits per heavy atom. The third-order valence-electron chi connectivity index (χ3n) is 4.25. The van der Waals surface area contributed by atoms with Crippen LogP contribution in [0.15, 0.2) is 71.8 Å². The molecule has 0 aromatic heterocycles. The van der Waals surface area contributed by atoms with Crippen LogP contribution in [0, 0.1) is 0 Å². The third kappa shape index (κ3) is 6.72. The Kier molecular flexibility index (Phi) is 8.11. The Morgan fingerprint density at radius 3 is 2.38 bits per heavy atom. The molecule has 0 aliphatic carbocycles. The smallest absolute Gasteiger partial charge is 0.277 e. The quantitative estimate of drug-likeness (QED) is 0.323. The second-order valence-electron chi connectivity index (χ2n) is 6.63. The van der Waals surface area contributed by atoms with Crippen LogP contribution in [0.2, 0.25) is 15.1 Å². The highest BCUT2D eigenvalue weighted by Gasteiger charge is 2.12.